The Hall–Kier alpha value is -2.89. The van der Waals surface area contributed by atoms with Gasteiger partial charge < -0.3 is 14.8 Å². The lowest BCUT2D eigenvalue weighted by atomic mass is 9.97. The standard InChI is InChI=1S/C20H24N6/c1-25(2)18-10-11-21-20(24-18)26-12-6-9-16(14-26)19-22-13-17(23-19)15-7-4-3-5-8-15/h3-5,7-8,10-11,13,16H,6,9,12,14H2,1-2H3,(H,22,23). The molecule has 1 fully saturated rings. The van der Waals surface area contributed by atoms with Crippen LogP contribution < -0.4 is 9.80 Å². The summed E-state index contributed by atoms with van der Waals surface area (Å²) >= 11 is 0. The summed E-state index contributed by atoms with van der Waals surface area (Å²) < 4.78 is 0. The molecule has 3 aromatic rings. The molecular weight excluding hydrogens is 324 g/mol. The van der Waals surface area contributed by atoms with Gasteiger partial charge >= 0.3 is 0 Å². The van der Waals surface area contributed by atoms with Crippen molar-refractivity contribution in [3.8, 4) is 11.3 Å². The van der Waals surface area contributed by atoms with Crippen LogP contribution in [0.2, 0.25) is 0 Å². The number of imidazole rings is 1. The second kappa shape index (κ2) is 7.15. The van der Waals surface area contributed by atoms with Crippen LogP contribution in [0.4, 0.5) is 11.8 Å². The summed E-state index contributed by atoms with van der Waals surface area (Å²) in [5.41, 5.74) is 2.24. The van der Waals surface area contributed by atoms with Crippen molar-refractivity contribution in [3.63, 3.8) is 0 Å². The minimum absolute atomic E-state index is 0.368. The molecule has 0 aliphatic carbocycles. The molecule has 0 radical (unpaired) electrons. The van der Waals surface area contributed by atoms with Crippen LogP contribution in [0.25, 0.3) is 11.3 Å². The third-order valence-electron chi connectivity index (χ3n) is 4.86. The zero-order chi connectivity index (χ0) is 17.9. The molecule has 1 atom stereocenters. The number of aromatic nitrogens is 4. The molecule has 1 aliphatic heterocycles. The number of nitrogens with zero attached hydrogens (tertiary/aromatic N) is 5. The number of aromatic amines is 1. The van der Waals surface area contributed by atoms with Crippen LogP contribution >= 0.6 is 0 Å². The zero-order valence-corrected chi connectivity index (χ0v) is 15.3. The Labute approximate surface area is 153 Å². The number of piperidine rings is 1. The van der Waals surface area contributed by atoms with E-state index in [-0.39, 0.29) is 0 Å². The van der Waals surface area contributed by atoms with Gasteiger partial charge in [0.05, 0.1) is 11.9 Å². The third kappa shape index (κ3) is 3.40. The predicted molar refractivity (Wildman–Crippen MR) is 105 cm³/mol. The molecular formula is C20H24N6. The smallest absolute Gasteiger partial charge is 0.227 e. The molecule has 6 nitrogen and oxygen atoms in total. The molecule has 1 N–H and O–H groups in total. The maximum absolute atomic E-state index is 4.69. The number of nitrogens with one attached hydrogen (secondary N) is 1. The van der Waals surface area contributed by atoms with Crippen molar-refractivity contribution in [2.45, 2.75) is 18.8 Å². The van der Waals surface area contributed by atoms with Gasteiger partial charge in [0.2, 0.25) is 5.95 Å². The topological polar surface area (TPSA) is 60.9 Å². The van der Waals surface area contributed by atoms with Crippen LogP contribution in [-0.4, -0.2) is 47.1 Å². The van der Waals surface area contributed by atoms with E-state index >= 15 is 0 Å². The van der Waals surface area contributed by atoms with Crippen molar-refractivity contribution in [2.75, 3.05) is 37.0 Å². The van der Waals surface area contributed by atoms with Crippen molar-refractivity contribution in [3.05, 3.63) is 54.6 Å². The molecule has 1 aromatic carbocycles. The van der Waals surface area contributed by atoms with Crippen LogP contribution in [-0.2, 0) is 0 Å². The van der Waals surface area contributed by atoms with Crippen LogP contribution in [0.5, 0.6) is 0 Å². The number of benzene rings is 1. The first kappa shape index (κ1) is 16.6. The van der Waals surface area contributed by atoms with Gasteiger partial charge in [-0.05, 0) is 24.5 Å². The van der Waals surface area contributed by atoms with E-state index in [1.54, 1.807) is 0 Å². The van der Waals surface area contributed by atoms with Gasteiger partial charge in [-0.1, -0.05) is 30.3 Å². The van der Waals surface area contributed by atoms with Crippen molar-refractivity contribution in [1.82, 2.24) is 19.9 Å². The highest BCUT2D eigenvalue weighted by Gasteiger charge is 2.25. The van der Waals surface area contributed by atoms with Crippen LogP contribution in [0.3, 0.4) is 0 Å². The molecule has 0 spiro atoms. The molecule has 0 amide bonds. The lowest BCUT2D eigenvalue weighted by Crippen LogP contribution is -2.36. The molecule has 1 saturated heterocycles. The Morgan fingerprint density at radius 1 is 1.12 bits per heavy atom. The quantitative estimate of drug-likeness (QED) is 0.784. The fourth-order valence-electron chi connectivity index (χ4n) is 3.43. The van der Waals surface area contributed by atoms with Crippen molar-refractivity contribution < 1.29 is 0 Å². The highest BCUT2D eigenvalue weighted by Crippen LogP contribution is 2.29. The van der Waals surface area contributed by atoms with Gasteiger partial charge in [0.1, 0.15) is 11.6 Å². The number of hydrogen-bond acceptors (Lipinski definition) is 5. The lowest BCUT2D eigenvalue weighted by Gasteiger charge is -2.32. The average Bonchev–Trinajstić information content (AvgIpc) is 3.19. The van der Waals surface area contributed by atoms with E-state index < -0.39 is 0 Å². The summed E-state index contributed by atoms with van der Waals surface area (Å²) in [6.45, 7) is 1.87. The first-order chi connectivity index (χ1) is 12.7. The van der Waals surface area contributed by atoms with E-state index in [2.05, 4.69) is 37.0 Å². The first-order valence-electron chi connectivity index (χ1n) is 9.06. The van der Waals surface area contributed by atoms with Crippen LogP contribution in [0.15, 0.2) is 48.8 Å². The van der Waals surface area contributed by atoms with E-state index in [0.29, 0.717) is 5.92 Å². The molecule has 1 unspecified atom stereocenters. The van der Waals surface area contributed by atoms with Gasteiger partial charge in [0, 0.05) is 39.3 Å². The van der Waals surface area contributed by atoms with Gasteiger partial charge in [-0.15, -0.1) is 0 Å². The summed E-state index contributed by atoms with van der Waals surface area (Å²) in [7, 11) is 4.00. The summed E-state index contributed by atoms with van der Waals surface area (Å²) in [5, 5.41) is 0. The summed E-state index contributed by atoms with van der Waals surface area (Å²) in [6.07, 6.45) is 6.02. The fraction of sp³-hybridized carbons (Fsp3) is 0.350. The molecule has 1 aliphatic rings. The van der Waals surface area contributed by atoms with E-state index in [0.717, 1.165) is 49.2 Å². The first-order valence-corrected chi connectivity index (χ1v) is 9.06. The molecule has 4 rings (SSSR count). The van der Waals surface area contributed by atoms with E-state index in [4.69, 9.17) is 0 Å². The SMILES string of the molecule is CN(C)c1ccnc(N2CCCC(c3ncc(-c4ccccc4)[nH]3)C2)n1. The van der Waals surface area contributed by atoms with Crippen molar-refractivity contribution in [1.29, 1.82) is 0 Å². The highest BCUT2D eigenvalue weighted by atomic mass is 15.3. The molecule has 134 valence electrons. The van der Waals surface area contributed by atoms with Crippen molar-refractivity contribution in [2.24, 2.45) is 0 Å². The van der Waals surface area contributed by atoms with Gasteiger partial charge in [-0.25, -0.2) is 9.97 Å². The Morgan fingerprint density at radius 2 is 1.96 bits per heavy atom. The lowest BCUT2D eigenvalue weighted by molar-refractivity contribution is 0.488. The average molecular weight is 348 g/mol. The summed E-state index contributed by atoms with van der Waals surface area (Å²) in [5.74, 6) is 3.15. The van der Waals surface area contributed by atoms with Gasteiger partial charge in [-0.3, -0.25) is 0 Å². The van der Waals surface area contributed by atoms with E-state index in [9.17, 15) is 0 Å². The summed E-state index contributed by atoms with van der Waals surface area (Å²) in [4.78, 5) is 21.6. The van der Waals surface area contributed by atoms with E-state index in [1.807, 2.05) is 55.7 Å². The Kier molecular flexibility index (Phi) is 4.56. The Balaban J connectivity index is 1.52. The Morgan fingerprint density at radius 3 is 2.77 bits per heavy atom. The molecule has 2 aromatic heterocycles. The zero-order valence-electron chi connectivity index (χ0n) is 15.3. The summed E-state index contributed by atoms with van der Waals surface area (Å²) in [6, 6.07) is 12.3. The molecule has 0 bridgehead atoms. The maximum atomic E-state index is 4.69. The highest BCUT2D eigenvalue weighted by molar-refractivity contribution is 5.58. The second-order valence-corrected chi connectivity index (χ2v) is 6.94. The normalized spacial score (nSPS) is 17.3. The van der Waals surface area contributed by atoms with Gasteiger partial charge in [0.25, 0.3) is 0 Å². The largest absolute Gasteiger partial charge is 0.363 e. The minimum atomic E-state index is 0.368. The molecule has 6 heteroatoms. The number of hydrogen-bond donors (Lipinski definition) is 1. The van der Waals surface area contributed by atoms with E-state index in [1.165, 1.54) is 5.56 Å². The minimum Gasteiger partial charge on any atom is -0.363 e. The monoisotopic (exact) mass is 348 g/mol. The van der Waals surface area contributed by atoms with Gasteiger partial charge in [0.15, 0.2) is 0 Å². The maximum Gasteiger partial charge on any atom is 0.227 e. The Bertz CT molecular complexity index is 858. The number of H-pyrrole nitrogens is 1. The number of anilines is 2. The second-order valence-electron chi connectivity index (χ2n) is 6.94. The molecule has 26 heavy (non-hydrogen) atoms. The molecule has 3 heterocycles. The predicted octanol–water partition coefficient (Wildman–Crippen LogP) is 3.32. The number of rotatable bonds is 4. The van der Waals surface area contributed by atoms with Gasteiger partial charge in [-0.2, -0.15) is 4.98 Å². The van der Waals surface area contributed by atoms with Crippen LogP contribution in [0, 0.1) is 0 Å². The van der Waals surface area contributed by atoms with Crippen molar-refractivity contribution >= 4 is 11.8 Å². The van der Waals surface area contributed by atoms with Crippen LogP contribution in [0.1, 0.15) is 24.6 Å². The fourth-order valence-corrected chi connectivity index (χ4v) is 3.43. The third-order valence-corrected chi connectivity index (χ3v) is 4.86. The molecule has 0 saturated carbocycles.